The number of thioether (sulfide) groups is 1. The van der Waals surface area contributed by atoms with E-state index in [1.54, 1.807) is 0 Å². The van der Waals surface area contributed by atoms with E-state index in [1.165, 1.54) is 37.7 Å². The summed E-state index contributed by atoms with van der Waals surface area (Å²) in [5.74, 6) is 1.21. The molecule has 0 aromatic rings. The van der Waals surface area contributed by atoms with Gasteiger partial charge in [-0.3, -0.25) is 0 Å². The maximum absolute atomic E-state index is 11.5. The lowest BCUT2D eigenvalue weighted by Gasteiger charge is -2.36. The zero-order valence-corrected chi connectivity index (χ0v) is 12.7. The Labute approximate surface area is 116 Å². The van der Waals surface area contributed by atoms with Gasteiger partial charge >= 0.3 is 0 Å². The molecule has 0 unspecified atom stereocenters. The summed E-state index contributed by atoms with van der Waals surface area (Å²) in [6, 6.07) is 0. The molecule has 2 rings (SSSR count). The second kappa shape index (κ2) is 5.96. The number of hydrogen-bond donors (Lipinski definition) is 0. The molecule has 2 nitrogen and oxygen atoms in total. The van der Waals surface area contributed by atoms with Crippen molar-refractivity contribution in [2.24, 2.45) is 5.41 Å². The highest BCUT2D eigenvalue weighted by Gasteiger charge is 2.34. The smallest absolute Gasteiger partial charge is 0.127 e. The second-order valence-corrected chi connectivity index (χ2v) is 8.48. The van der Waals surface area contributed by atoms with Crippen LogP contribution in [-0.2, 0) is 4.79 Å². The van der Waals surface area contributed by atoms with E-state index in [-0.39, 0.29) is 5.41 Å². The average Bonchev–Trinajstić information content (AvgIpc) is 2.52. The summed E-state index contributed by atoms with van der Waals surface area (Å²) < 4.78 is 0.412. The third kappa shape index (κ3) is 3.74. The van der Waals surface area contributed by atoms with Crippen molar-refractivity contribution in [2.75, 3.05) is 25.4 Å². The molecule has 1 heterocycles. The van der Waals surface area contributed by atoms with Gasteiger partial charge < -0.3 is 9.69 Å². The van der Waals surface area contributed by atoms with Crippen molar-refractivity contribution in [3.05, 3.63) is 0 Å². The van der Waals surface area contributed by atoms with Crippen molar-refractivity contribution in [3.63, 3.8) is 0 Å². The molecule has 104 valence electrons. The summed E-state index contributed by atoms with van der Waals surface area (Å²) in [4.78, 5) is 14.1. The zero-order valence-electron chi connectivity index (χ0n) is 11.9. The highest BCUT2D eigenvalue weighted by molar-refractivity contribution is 8.00. The quantitative estimate of drug-likeness (QED) is 0.733. The Kier molecular flexibility index (Phi) is 4.76. The standard InChI is InChI=1S/C15H27NOS/c1-14(2)8-9-16(10-11-18-14)12-15(13-17)6-4-3-5-7-15/h13H,3-12H2,1-2H3. The summed E-state index contributed by atoms with van der Waals surface area (Å²) in [5, 5.41) is 0. The van der Waals surface area contributed by atoms with Gasteiger partial charge in [-0.25, -0.2) is 0 Å². The fraction of sp³-hybridized carbons (Fsp3) is 0.933. The van der Waals surface area contributed by atoms with E-state index in [4.69, 9.17) is 0 Å². The van der Waals surface area contributed by atoms with Gasteiger partial charge in [0.05, 0.1) is 0 Å². The Bertz CT molecular complexity index is 284. The number of aldehydes is 1. The molecule has 0 aromatic heterocycles. The summed E-state index contributed by atoms with van der Waals surface area (Å²) in [6.07, 6.45) is 8.55. The predicted octanol–water partition coefficient (Wildman–Crippen LogP) is 3.35. The minimum atomic E-state index is -0.0165. The van der Waals surface area contributed by atoms with E-state index in [1.807, 2.05) is 0 Å². The predicted molar refractivity (Wildman–Crippen MR) is 79.2 cm³/mol. The van der Waals surface area contributed by atoms with Crippen LogP contribution in [0.3, 0.4) is 0 Å². The van der Waals surface area contributed by atoms with Gasteiger partial charge in [0, 0.05) is 29.0 Å². The largest absolute Gasteiger partial charge is 0.303 e. The number of nitrogens with zero attached hydrogens (tertiary/aromatic N) is 1. The normalized spacial score (nSPS) is 28.6. The fourth-order valence-electron chi connectivity index (χ4n) is 3.23. The summed E-state index contributed by atoms with van der Waals surface area (Å²) in [7, 11) is 0. The summed E-state index contributed by atoms with van der Waals surface area (Å²) in [6.45, 7) is 8.01. The van der Waals surface area contributed by atoms with E-state index in [2.05, 4.69) is 30.5 Å². The van der Waals surface area contributed by atoms with Crippen molar-refractivity contribution in [1.82, 2.24) is 4.90 Å². The number of carbonyl (C=O) groups excluding carboxylic acids is 1. The van der Waals surface area contributed by atoms with Gasteiger partial charge in [-0.15, -0.1) is 0 Å². The van der Waals surface area contributed by atoms with Crippen molar-refractivity contribution >= 4 is 18.0 Å². The molecule has 1 aliphatic carbocycles. The number of carbonyl (C=O) groups is 1. The van der Waals surface area contributed by atoms with Gasteiger partial charge in [0.25, 0.3) is 0 Å². The van der Waals surface area contributed by atoms with Gasteiger partial charge in [-0.1, -0.05) is 33.1 Å². The van der Waals surface area contributed by atoms with E-state index < -0.39 is 0 Å². The molecule has 0 bridgehead atoms. The molecule has 3 heteroatoms. The molecule has 1 aliphatic heterocycles. The van der Waals surface area contributed by atoms with Crippen molar-refractivity contribution in [2.45, 2.75) is 57.1 Å². The fourth-order valence-corrected chi connectivity index (χ4v) is 4.37. The van der Waals surface area contributed by atoms with Crippen LogP contribution in [0.2, 0.25) is 0 Å². The molecule has 1 saturated carbocycles. The van der Waals surface area contributed by atoms with Gasteiger partial charge in [0.1, 0.15) is 6.29 Å². The van der Waals surface area contributed by atoms with Crippen molar-refractivity contribution < 1.29 is 4.79 Å². The number of hydrogen-bond acceptors (Lipinski definition) is 3. The molecule has 1 saturated heterocycles. The molecule has 0 spiro atoms. The average molecular weight is 269 g/mol. The number of rotatable bonds is 3. The minimum Gasteiger partial charge on any atom is -0.303 e. The third-order valence-electron chi connectivity index (χ3n) is 4.57. The molecular weight excluding hydrogens is 242 g/mol. The molecule has 0 N–H and O–H groups in total. The summed E-state index contributed by atoms with van der Waals surface area (Å²) >= 11 is 2.08. The Morgan fingerprint density at radius 2 is 1.83 bits per heavy atom. The van der Waals surface area contributed by atoms with E-state index in [0.717, 1.165) is 32.5 Å². The lowest BCUT2D eigenvalue weighted by atomic mass is 9.75. The Morgan fingerprint density at radius 3 is 2.50 bits per heavy atom. The van der Waals surface area contributed by atoms with Crippen LogP contribution in [0.5, 0.6) is 0 Å². The van der Waals surface area contributed by atoms with Crippen molar-refractivity contribution in [3.8, 4) is 0 Å². The molecule has 0 radical (unpaired) electrons. The highest BCUT2D eigenvalue weighted by atomic mass is 32.2. The van der Waals surface area contributed by atoms with E-state index in [9.17, 15) is 4.79 Å². The van der Waals surface area contributed by atoms with Gasteiger partial charge in [-0.05, 0) is 25.8 Å². The van der Waals surface area contributed by atoms with Gasteiger partial charge in [0.15, 0.2) is 0 Å². The van der Waals surface area contributed by atoms with Gasteiger partial charge in [-0.2, -0.15) is 11.8 Å². The lowest BCUT2D eigenvalue weighted by molar-refractivity contribution is -0.119. The molecule has 0 atom stereocenters. The molecular formula is C15H27NOS. The maximum Gasteiger partial charge on any atom is 0.127 e. The maximum atomic E-state index is 11.5. The van der Waals surface area contributed by atoms with Crippen LogP contribution in [0.1, 0.15) is 52.4 Å². The zero-order chi connectivity index (χ0) is 13.1. The first kappa shape index (κ1) is 14.4. The van der Waals surface area contributed by atoms with Crippen LogP contribution in [0.25, 0.3) is 0 Å². The van der Waals surface area contributed by atoms with Crippen LogP contribution < -0.4 is 0 Å². The first-order chi connectivity index (χ1) is 8.55. The summed E-state index contributed by atoms with van der Waals surface area (Å²) in [5.41, 5.74) is -0.0165. The Balaban J connectivity index is 1.93. The van der Waals surface area contributed by atoms with Crippen LogP contribution in [-0.4, -0.2) is 41.3 Å². The highest BCUT2D eigenvalue weighted by Crippen LogP contribution is 2.37. The third-order valence-corrected chi connectivity index (χ3v) is 5.94. The molecule has 0 aromatic carbocycles. The van der Waals surface area contributed by atoms with Crippen LogP contribution in [0.15, 0.2) is 0 Å². The van der Waals surface area contributed by atoms with Gasteiger partial charge in [0.2, 0.25) is 0 Å². The SMILES string of the molecule is CC1(C)CCN(CC2(C=O)CCCCC2)CCS1. The molecule has 0 amide bonds. The lowest BCUT2D eigenvalue weighted by Crippen LogP contribution is -2.41. The molecule has 18 heavy (non-hydrogen) atoms. The van der Waals surface area contributed by atoms with Crippen molar-refractivity contribution in [1.29, 1.82) is 0 Å². The van der Waals surface area contributed by atoms with Crippen LogP contribution >= 0.6 is 11.8 Å². The molecule has 2 fully saturated rings. The second-order valence-electron chi connectivity index (χ2n) is 6.68. The van der Waals surface area contributed by atoms with E-state index in [0.29, 0.717) is 4.75 Å². The minimum absolute atomic E-state index is 0.0165. The molecule has 2 aliphatic rings. The van der Waals surface area contributed by atoms with E-state index >= 15 is 0 Å². The first-order valence-corrected chi connectivity index (χ1v) is 8.37. The first-order valence-electron chi connectivity index (χ1n) is 7.38. The van der Waals surface area contributed by atoms with Crippen LogP contribution in [0, 0.1) is 5.41 Å². The Morgan fingerprint density at radius 1 is 1.11 bits per heavy atom. The van der Waals surface area contributed by atoms with Crippen LogP contribution in [0.4, 0.5) is 0 Å². The monoisotopic (exact) mass is 269 g/mol. The Hall–Kier alpha value is -0.0200. The topological polar surface area (TPSA) is 20.3 Å².